The Morgan fingerprint density at radius 3 is 2.50 bits per heavy atom. The minimum Gasteiger partial charge on any atom is -0.314 e. The van der Waals surface area contributed by atoms with E-state index in [2.05, 4.69) is 26.1 Å². The summed E-state index contributed by atoms with van der Waals surface area (Å²) in [7, 11) is 0. The highest BCUT2D eigenvalue weighted by Crippen LogP contribution is 2.66. The molecule has 3 saturated carbocycles. The fourth-order valence-corrected chi connectivity index (χ4v) is 4.13. The van der Waals surface area contributed by atoms with Gasteiger partial charge in [0.1, 0.15) is 0 Å². The number of hydrogen-bond donors (Lipinski definition) is 1. The molecule has 3 aliphatic rings. The van der Waals surface area contributed by atoms with Gasteiger partial charge in [-0.25, -0.2) is 0 Å². The van der Waals surface area contributed by atoms with Crippen LogP contribution in [0.25, 0.3) is 0 Å². The molecule has 3 aliphatic carbocycles. The van der Waals surface area contributed by atoms with Gasteiger partial charge in [0.05, 0.1) is 0 Å². The molecule has 1 spiro atoms. The third-order valence-corrected chi connectivity index (χ3v) is 5.62. The van der Waals surface area contributed by atoms with E-state index in [1.807, 2.05) is 0 Å². The smallest absolute Gasteiger partial charge is 0.00683 e. The van der Waals surface area contributed by atoms with Gasteiger partial charge in [-0.05, 0) is 67.7 Å². The summed E-state index contributed by atoms with van der Waals surface area (Å²) in [6.45, 7) is 8.74. The summed E-state index contributed by atoms with van der Waals surface area (Å²) < 4.78 is 0. The van der Waals surface area contributed by atoms with Gasteiger partial charge in [-0.3, -0.25) is 0 Å². The highest BCUT2D eigenvalue weighted by Gasteiger charge is 2.59. The Hall–Kier alpha value is -0.0400. The van der Waals surface area contributed by atoms with E-state index in [0.717, 1.165) is 23.3 Å². The SMILES string of the molecule is CC1CC(C)(C)CCC12CC2CNC1CC1. The second-order valence-electron chi connectivity index (χ2n) is 7.59. The van der Waals surface area contributed by atoms with Crippen molar-refractivity contribution in [3.8, 4) is 0 Å². The maximum atomic E-state index is 3.73. The molecular formula is C15H27N. The Kier molecular flexibility index (Phi) is 2.41. The Morgan fingerprint density at radius 2 is 1.88 bits per heavy atom. The maximum absolute atomic E-state index is 3.73. The molecule has 0 saturated heterocycles. The molecule has 0 bridgehead atoms. The Bertz CT molecular complexity index is 279. The van der Waals surface area contributed by atoms with Crippen molar-refractivity contribution in [2.45, 2.75) is 65.3 Å². The molecule has 3 rings (SSSR count). The van der Waals surface area contributed by atoms with E-state index >= 15 is 0 Å². The lowest BCUT2D eigenvalue weighted by Gasteiger charge is -2.40. The fourth-order valence-electron chi connectivity index (χ4n) is 4.13. The topological polar surface area (TPSA) is 12.0 Å². The Morgan fingerprint density at radius 1 is 1.12 bits per heavy atom. The molecule has 0 aromatic heterocycles. The zero-order valence-corrected chi connectivity index (χ0v) is 11.2. The van der Waals surface area contributed by atoms with E-state index in [1.165, 1.54) is 45.1 Å². The molecule has 16 heavy (non-hydrogen) atoms. The summed E-state index contributed by atoms with van der Waals surface area (Å²) >= 11 is 0. The van der Waals surface area contributed by atoms with Gasteiger partial charge in [0.15, 0.2) is 0 Å². The van der Waals surface area contributed by atoms with E-state index in [1.54, 1.807) is 0 Å². The van der Waals surface area contributed by atoms with Crippen molar-refractivity contribution in [1.29, 1.82) is 0 Å². The summed E-state index contributed by atoms with van der Waals surface area (Å²) in [5.41, 5.74) is 1.37. The van der Waals surface area contributed by atoms with Gasteiger partial charge >= 0.3 is 0 Å². The van der Waals surface area contributed by atoms with Crippen molar-refractivity contribution in [2.75, 3.05) is 6.54 Å². The molecule has 1 heteroatoms. The van der Waals surface area contributed by atoms with Gasteiger partial charge in [0.25, 0.3) is 0 Å². The molecule has 0 amide bonds. The monoisotopic (exact) mass is 221 g/mol. The molecule has 0 heterocycles. The van der Waals surface area contributed by atoms with Crippen LogP contribution in [0.3, 0.4) is 0 Å². The van der Waals surface area contributed by atoms with Crippen molar-refractivity contribution in [1.82, 2.24) is 5.32 Å². The molecule has 0 aromatic rings. The van der Waals surface area contributed by atoms with Crippen LogP contribution < -0.4 is 5.32 Å². The maximum Gasteiger partial charge on any atom is 0.00683 e. The van der Waals surface area contributed by atoms with E-state index < -0.39 is 0 Å². The van der Waals surface area contributed by atoms with Crippen molar-refractivity contribution in [2.24, 2.45) is 22.7 Å². The van der Waals surface area contributed by atoms with Crippen LogP contribution in [-0.2, 0) is 0 Å². The van der Waals surface area contributed by atoms with Crippen molar-refractivity contribution < 1.29 is 0 Å². The third kappa shape index (κ3) is 1.92. The first-order valence-corrected chi connectivity index (χ1v) is 7.25. The standard InChI is InChI=1S/C15H27N/c1-11-8-14(2,3)6-7-15(11)9-12(15)10-16-13-4-5-13/h11-13,16H,4-10H2,1-3H3. The lowest BCUT2D eigenvalue weighted by atomic mass is 9.65. The summed E-state index contributed by atoms with van der Waals surface area (Å²) in [6.07, 6.45) is 8.79. The molecule has 3 atom stereocenters. The first kappa shape index (κ1) is 11.1. The third-order valence-electron chi connectivity index (χ3n) is 5.62. The van der Waals surface area contributed by atoms with Gasteiger partial charge in [-0.2, -0.15) is 0 Å². The lowest BCUT2D eigenvalue weighted by Crippen LogP contribution is -2.32. The molecule has 3 fully saturated rings. The molecule has 92 valence electrons. The van der Waals surface area contributed by atoms with Crippen LogP contribution in [0.4, 0.5) is 0 Å². The van der Waals surface area contributed by atoms with Crippen molar-refractivity contribution in [3.63, 3.8) is 0 Å². The molecule has 0 aromatic carbocycles. The van der Waals surface area contributed by atoms with E-state index in [4.69, 9.17) is 0 Å². The van der Waals surface area contributed by atoms with Gasteiger partial charge in [0.2, 0.25) is 0 Å². The van der Waals surface area contributed by atoms with Crippen molar-refractivity contribution in [3.05, 3.63) is 0 Å². The second kappa shape index (κ2) is 3.48. The van der Waals surface area contributed by atoms with Gasteiger partial charge in [-0.1, -0.05) is 20.8 Å². The molecule has 0 radical (unpaired) electrons. The normalized spacial score (nSPS) is 45.9. The minimum atomic E-state index is 0.613. The fraction of sp³-hybridized carbons (Fsp3) is 1.00. The summed E-state index contributed by atoms with van der Waals surface area (Å²) in [5.74, 6) is 1.97. The average Bonchev–Trinajstić information content (AvgIpc) is 3.07. The number of nitrogens with one attached hydrogen (secondary N) is 1. The first-order chi connectivity index (χ1) is 7.52. The molecule has 1 N–H and O–H groups in total. The van der Waals surface area contributed by atoms with Gasteiger partial charge in [0, 0.05) is 6.04 Å². The van der Waals surface area contributed by atoms with Crippen LogP contribution in [-0.4, -0.2) is 12.6 Å². The number of rotatable bonds is 3. The highest BCUT2D eigenvalue weighted by molar-refractivity contribution is 5.09. The van der Waals surface area contributed by atoms with E-state index in [9.17, 15) is 0 Å². The first-order valence-electron chi connectivity index (χ1n) is 7.25. The lowest BCUT2D eigenvalue weighted by molar-refractivity contribution is 0.101. The van der Waals surface area contributed by atoms with Crippen LogP contribution in [0.1, 0.15) is 59.3 Å². The molecule has 0 aliphatic heterocycles. The van der Waals surface area contributed by atoms with Crippen LogP contribution in [0.2, 0.25) is 0 Å². The second-order valence-corrected chi connectivity index (χ2v) is 7.59. The minimum absolute atomic E-state index is 0.613. The van der Waals surface area contributed by atoms with Gasteiger partial charge in [-0.15, -0.1) is 0 Å². The van der Waals surface area contributed by atoms with Crippen molar-refractivity contribution >= 4 is 0 Å². The largest absolute Gasteiger partial charge is 0.314 e. The van der Waals surface area contributed by atoms with Crippen LogP contribution in [0, 0.1) is 22.7 Å². The zero-order valence-electron chi connectivity index (χ0n) is 11.2. The van der Waals surface area contributed by atoms with Crippen LogP contribution in [0.15, 0.2) is 0 Å². The van der Waals surface area contributed by atoms with E-state index in [-0.39, 0.29) is 0 Å². The number of hydrogen-bond acceptors (Lipinski definition) is 1. The quantitative estimate of drug-likeness (QED) is 0.768. The van der Waals surface area contributed by atoms with E-state index in [0.29, 0.717) is 5.41 Å². The average molecular weight is 221 g/mol. The Labute approximate surface area is 100 Å². The zero-order chi connectivity index (χ0) is 11.4. The predicted molar refractivity (Wildman–Crippen MR) is 68.4 cm³/mol. The summed E-state index contributed by atoms with van der Waals surface area (Å²) in [6, 6.07) is 0.896. The Balaban J connectivity index is 1.55. The highest BCUT2D eigenvalue weighted by atomic mass is 15.0. The summed E-state index contributed by atoms with van der Waals surface area (Å²) in [5, 5.41) is 3.73. The predicted octanol–water partition coefficient (Wildman–Crippen LogP) is 3.59. The van der Waals surface area contributed by atoms with Crippen LogP contribution >= 0.6 is 0 Å². The summed E-state index contributed by atoms with van der Waals surface area (Å²) in [4.78, 5) is 0. The molecule has 3 unspecified atom stereocenters. The van der Waals surface area contributed by atoms with Crippen LogP contribution in [0.5, 0.6) is 0 Å². The molecule has 1 nitrogen and oxygen atoms in total. The molecular weight excluding hydrogens is 194 g/mol. The van der Waals surface area contributed by atoms with Gasteiger partial charge < -0.3 is 5.32 Å².